The highest BCUT2D eigenvalue weighted by Crippen LogP contribution is 2.44. The van der Waals surface area contributed by atoms with E-state index < -0.39 is 90.3 Å². The Balaban J connectivity index is 1.28. The molecule has 0 bridgehead atoms. The van der Waals surface area contributed by atoms with Crippen molar-refractivity contribution < 1.29 is 53.3 Å². The van der Waals surface area contributed by atoms with Crippen molar-refractivity contribution in [2.45, 2.75) is 83.2 Å². The summed E-state index contributed by atoms with van der Waals surface area (Å²) in [7, 11) is 0. The second-order valence-corrected chi connectivity index (χ2v) is 14.2. The molecule has 0 aromatic heterocycles. The summed E-state index contributed by atoms with van der Waals surface area (Å²) in [5, 5.41) is 35.4. The maximum Gasteiger partial charge on any atom is 0.407 e. The van der Waals surface area contributed by atoms with E-state index in [-0.39, 0.29) is 24.7 Å². The van der Waals surface area contributed by atoms with Crippen molar-refractivity contribution in [1.29, 1.82) is 0 Å². The van der Waals surface area contributed by atoms with Gasteiger partial charge in [0.05, 0.1) is 0 Å². The molecule has 6 atom stereocenters. The summed E-state index contributed by atoms with van der Waals surface area (Å²) in [6, 6.07) is 14.4. The van der Waals surface area contributed by atoms with Crippen molar-refractivity contribution in [1.82, 2.24) is 37.2 Å². The zero-order valence-electron chi connectivity index (χ0n) is 33.2. The first-order chi connectivity index (χ1) is 27.9. The van der Waals surface area contributed by atoms with Gasteiger partial charge in [0.2, 0.25) is 35.4 Å². The number of carbonyl (C=O) groups is 8. The smallest absolute Gasteiger partial charge is 0.407 e. The van der Waals surface area contributed by atoms with Crippen LogP contribution in [0.1, 0.15) is 57.2 Å². The van der Waals surface area contributed by atoms with Crippen LogP contribution in [0.25, 0.3) is 11.1 Å². The lowest BCUT2D eigenvalue weighted by Gasteiger charge is -2.24. The van der Waals surface area contributed by atoms with Crippen molar-refractivity contribution in [2.75, 3.05) is 13.2 Å². The molecule has 59 heavy (non-hydrogen) atoms. The first-order valence-electron chi connectivity index (χ1n) is 18.9. The van der Waals surface area contributed by atoms with Crippen LogP contribution in [-0.4, -0.2) is 107 Å². The van der Waals surface area contributed by atoms with Crippen LogP contribution in [0.2, 0.25) is 0 Å². The monoisotopic (exact) mass is 815 g/mol. The number of phenols is 1. The van der Waals surface area contributed by atoms with E-state index in [9.17, 15) is 43.5 Å². The van der Waals surface area contributed by atoms with Crippen molar-refractivity contribution in [3.63, 3.8) is 0 Å². The number of rotatable bonds is 18. The number of amides is 7. The molecule has 1 aliphatic rings. The molecule has 0 heterocycles. The number of carboxylic acids is 1. The summed E-state index contributed by atoms with van der Waals surface area (Å²) in [6.45, 7) is 6.19. The highest BCUT2D eigenvalue weighted by Gasteiger charge is 2.31. The maximum absolute atomic E-state index is 13.4. The average Bonchev–Trinajstić information content (AvgIpc) is 3.52. The highest BCUT2D eigenvalue weighted by molar-refractivity contribution is 5.97. The number of aromatic hydroxyl groups is 1. The number of carboxylic acid groups (broad SMARTS) is 1. The summed E-state index contributed by atoms with van der Waals surface area (Å²) in [6.07, 6.45) is -0.921. The van der Waals surface area contributed by atoms with E-state index >= 15 is 0 Å². The standard InChI is InChI=1S/C41H49N7O11/c1-21(35(52)42-19-34(50)51)43-37(54)23(3)46-40(57)33(18-26-14-16-27(49)17-15-26)48-39(56)24(4)45-36(53)22(2)44-38(55)25(5)47-41(58)59-20-32-30-12-8-6-10-28(30)29-11-7-9-13-31(29)32/h6-17,21-25,32-33,49H,18-20H2,1-5H3,(H,42,52)(H,43,54)(H,44,55)(H,45,53)(H,46,57)(H,47,58)(H,48,56)(H,50,51)/t21-,22?,23-,24?,25-,33-/m0/s1. The fraction of sp³-hybridized carbons (Fsp3) is 0.366. The molecule has 0 saturated heterocycles. The zero-order chi connectivity index (χ0) is 43.4. The third-order valence-corrected chi connectivity index (χ3v) is 9.50. The average molecular weight is 816 g/mol. The van der Waals surface area contributed by atoms with Crippen molar-refractivity contribution >= 4 is 47.5 Å². The van der Waals surface area contributed by atoms with E-state index in [0.29, 0.717) is 5.56 Å². The predicted octanol–water partition coefficient (Wildman–Crippen LogP) is 0.566. The SMILES string of the molecule is CC(NC(=O)C(C)NC(=O)[C@H](C)NC(=O)OCC1c2ccccc2-c2ccccc21)C(=O)N[C@@H](Cc1ccc(O)cc1)C(=O)N[C@@H](C)C(=O)N[C@@H](C)C(=O)NCC(=O)O. The molecule has 0 fully saturated rings. The van der Waals surface area contributed by atoms with Gasteiger partial charge in [-0.2, -0.15) is 0 Å². The number of nitrogens with one attached hydrogen (secondary N) is 7. The molecule has 2 unspecified atom stereocenters. The molecular formula is C41H49N7O11. The lowest BCUT2D eigenvalue weighted by molar-refractivity contribution is -0.138. The first kappa shape index (κ1) is 44.7. The van der Waals surface area contributed by atoms with Gasteiger partial charge in [-0.1, -0.05) is 60.7 Å². The summed E-state index contributed by atoms with van der Waals surface area (Å²) in [5.41, 5.74) is 4.70. The van der Waals surface area contributed by atoms with Gasteiger partial charge in [-0.15, -0.1) is 0 Å². The largest absolute Gasteiger partial charge is 0.508 e. The summed E-state index contributed by atoms with van der Waals surface area (Å²) < 4.78 is 5.51. The number of ether oxygens (including phenoxy) is 1. The molecular weight excluding hydrogens is 766 g/mol. The second kappa shape index (κ2) is 20.4. The fourth-order valence-corrected chi connectivity index (χ4v) is 6.16. The summed E-state index contributed by atoms with van der Waals surface area (Å²) >= 11 is 0. The lowest BCUT2D eigenvalue weighted by atomic mass is 9.98. The maximum atomic E-state index is 13.4. The molecule has 18 heteroatoms. The number of carbonyl (C=O) groups excluding carboxylic acids is 7. The topological polar surface area (TPSA) is 270 Å². The van der Waals surface area contributed by atoms with Crippen molar-refractivity contribution in [3.8, 4) is 16.9 Å². The minimum Gasteiger partial charge on any atom is -0.508 e. The Labute approximate surface area is 340 Å². The van der Waals surface area contributed by atoms with Gasteiger partial charge in [-0.25, -0.2) is 4.79 Å². The molecule has 0 saturated carbocycles. The summed E-state index contributed by atoms with van der Waals surface area (Å²) in [4.78, 5) is 101. The molecule has 0 aliphatic heterocycles. The number of aliphatic carboxylic acids is 1. The molecule has 1 aliphatic carbocycles. The van der Waals surface area contributed by atoms with Crippen molar-refractivity contribution in [2.24, 2.45) is 0 Å². The van der Waals surface area contributed by atoms with Gasteiger partial charge in [0, 0.05) is 12.3 Å². The van der Waals surface area contributed by atoms with E-state index in [1.54, 1.807) is 0 Å². The van der Waals surface area contributed by atoms with Gasteiger partial charge < -0.3 is 52.2 Å². The van der Waals surface area contributed by atoms with Crippen LogP contribution >= 0.6 is 0 Å². The molecule has 0 spiro atoms. The van der Waals surface area contributed by atoms with Gasteiger partial charge in [0.15, 0.2) is 0 Å². The molecule has 3 aromatic rings. The number of fused-ring (bicyclic) bond motifs is 3. The zero-order valence-corrected chi connectivity index (χ0v) is 33.2. The summed E-state index contributed by atoms with van der Waals surface area (Å²) in [5.74, 6) is -6.06. The van der Waals surface area contributed by atoms with Crippen molar-refractivity contribution in [3.05, 3.63) is 89.5 Å². The minimum atomic E-state index is -1.29. The third kappa shape index (κ3) is 12.5. The number of hydrogen-bond acceptors (Lipinski definition) is 10. The molecule has 314 valence electrons. The lowest BCUT2D eigenvalue weighted by Crippen LogP contribution is -2.58. The van der Waals surface area contributed by atoms with E-state index in [2.05, 4.69) is 37.2 Å². The number of hydrogen-bond donors (Lipinski definition) is 9. The van der Waals surface area contributed by atoms with Gasteiger partial charge >= 0.3 is 12.1 Å². The molecule has 9 N–H and O–H groups in total. The van der Waals surface area contributed by atoms with Gasteiger partial charge in [-0.05, 0) is 74.6 Å². The Hall–Kier alpha value is -6.98. The normalized spacial score (nSPS) is 14.6. The Morgan fingerprint density at radius 1 is 0.559 bits per heavy atom. The Morgan fingerprint density at radius 3 is 1.47 bits per heavy atom. The van der Waals surface area contributed by atoms with E-state index in [4.69, 9.17) is 9.84 Å². The van der Waals surface area contributed by atoms with Crippen LogP contribution in [0.4, 0.5) is 4.79 Å². The molecule has 18 nitrogen and oxygen atoms in total. The van der Waals surface area contributed by atoms with Gasteiger partial charge in [0.1, 0.15) is 55.2 Å². The molecule has 4 rings (SSSR count). The first-order valence-corrected chi connectivity index (χ1v) is 18.9. The molecule has 3 aromatic carbocycles. The number of phenolic OH excluding ortho intramolecular Hbond substituents is 1. The van der Waals surface area contributed by atoms with Gasteiger partial charge in [0.25, 0.3) is 0 Å². The van der Waals surface area contributed by atoms with E-state index in [1.807, 2.05) is 48.5 Å². The van der Waals surface area contributed by atoms with Crippen LogP contribution in [0, 0.1) is 0 Å². The van der Waals surface area contributed by atoms with Crippen LogP contribution in [0.3, 0.4) is 0 Å². The Bertz CT molecular complexity index is 2010. The van der Waals surface area contributed by atoms with E-state index in [0.717, 1.165) is 22.3 Å². The number of benzene rings is 3. The fourth-order valence-electron chi connectivity index (χ4n) is 6.16. The quantitative estimate of drug-likeness (QED) is 0.0857. The second-order valence-electron chi connectivity index (χ2n) is 14.2. The van der Waals surface area contributed by atoms with Gasteiger partial charge in [-0.3, -0.25) is 33.6 Å². The third-order valence-electron chi connectivity index (χ3n) is 9.50. The van der Waals surface area contributed by atoms with Crippen LogP contribution < -0.4 is 37.2 Å². The molecule has 0 radical (unpaired) electrons. The Morgan fingerprint density at radius 2 is 0.983 bits per heavy atom. The molecule has 7 amide bonds. The van der Waals surface area contributed by atoms with Crippen LogP contribution in [-0.2, 0) is 44.7 Å². The minimum absolute atomic E-state index is 0.0365. The highest BCUT2D eigenvalue weighted by atomic mass is 16.5. The Kier molecular flexibility index (Phi) is 15.5. The van der Waals surface area contributed by atoms with Crippen LogP contribution in [0.5, 0.6) is 5.75 Å². The number of alkyl carbamates (subject to hydrolysis) is 1. The van der Waals surface area contributed by atoms with E-state index in [1.165, 1.54) is 58.9 Å². The van der Waals surface area contributed by atoms with Crippen LogP contribution in [0.15, 0.2) is 72.8 Å². The predicted molar refractivity (Wildman–Crippen MR) is 212 cm³/mol.